The highest BCUT2D eigenvalue weighted by molar-refractivity contribution is 5.74. The molecule has 1 N–H and O–H groups in total. The van der Waals surface area contributed by atoms with Crippen molar-refractivity contribution in [2.45, 2.75) is 220 Å². The van der Waals surface area contributed by atoms with Crippen LogP contribution in [0.1, 0.15) is 159 Å². The summed E-state index contributed by atoms with van der Waals surface area (Å²) in [6.07, 6.45) is 4.87. The van der Waals surface area contributed by atoms with E-state index in [-0.39, 0.29) is 25.8 Å². The number of amides is 1. The van der Waals surface area contributed by atoms with Crippen molar-refractivity contribution in [3.05, 3.63) is 0 Å². The van der Waals surface area contributed by atoms with Gasteiger partial charge in [-0.1, -0.05) is 90.4 Å². The summed E-state index contributed by atoms with van der Waals surface area (Å²) in [5, 5.41) is 2.67. The SMILES string of the molecule is CC(=O)N[C@@H]1[C@@H](OC(COCCCCCCCCC(C)CCCCCCCCCOC(C)=O)CO[C@@H]2OC[C@@H](OC(C)=O)[C@H](OC(C)=O)[C@H]2OC(C)=O)O[C@@H](COC(C)=O)[C@H](OC(C)=O)[C@H]1OC(C)=O. The van der Waals surface area contributed by atoms with Crippen LogP contribution in [-0.2, 0) is 95.2 Å². The molecule has 0 saturated carbocycles. The van der Waals surface area contributed by atoms with Gasteiger partial charge in [-0.15, -0.1) is 0 Å². The molecule has 0 aromatic rings. The van der Waals surface area contributed by atoms with Crippen molar-refractivity contribution < 1.29 is 95.2 Å². The normalized spacial score (nSPS) is 24.0. The number of unbranched alkanes of at least 4 members (excludes halogenated alkanes) is 11. The van der Waals surface area contributed by atoms with Crippen molar-refractivity contribution in [2.24, 2.45) is 5.92 Å². The predicted octanol–water partition coefficient (Wildman–Crippen LogP) is 5.26. The van der Waals surface area contributed by atoms with E-state index in [1.165, 1.54) is 65.2 Å². The molecule has 2 unspecified atom stereocenters. The van der Waals surface area contributed by atoms with E-state index in [1.807, 2.05) is 0 Å². The molecule has 21 nitrogen and oxygen atoms in total. The van der Waals surface area contributed by atoms with E-state index in [0.29, 0.717) is 19.1 Å². The van der Waals surface area contributed by atoms with Gasteiger partial charge < -0.3 is 62.2 Å². The van der Waals surface area contributed by atoms with Gasteiger partial charge in [0.05, 0.1) is 26.4 Å². The number of carbonyl (C=O) groups excluding carboxylic acids is 8. The fourth-order valence-corrected chi connectivity index (χ4v) is 8.24. The highest BCUT2D eigenvalue weighted by Gasteiger charge is 2.52. The van der Waals surface area contributed by atoms with Crippen LogP contribution in [0.3, 0.4) is 0 Å². The van der Waals surface area contributed by atoms with Gasteiger partial charge in [-0.25, -0.2) is 0 Å². The summed E-state index contributed by atoms with van der Waals surface area (Å²) in [6, 6.07) is -1.30. The summed E-state index contributed by atoms with van der Waals surface area (Å²) in [4.78, 5) is 96.6. The average Bonchev–Trinajstić information content (AvgIpc) is 3.25. The van der Waals surface area contributed by atoms with E-state index in [2.05, 4.69) is 12.2 Å². The maximum atomic E-state index is 12.6. The Bertz CT molecular complexity index is 1610. The van der Waals surface area contributed by atoms with E-state index in [9.17, 15) is 38.4 Å². The first-order chi connectivity index (χ1) is 33.3. The van der Waals surface area contributed by atoms with Crippen LogP contribution < -0.4 is 5.32 Å². The second-order valence-corrected chi connectivity index (χ2v) is 18.0. The molecule has 0 spiro atoms. The Hall–Kier alpha value is -4.44. The van der Waals surface area contributed by atoms with Gasteiger partial charge in [-0.3, -0.25) is 38.4 Å². The van der Waals surface area contributed by atoms with Crippen LogP contribution in [0.2, 0.25) is 0 Å². The highest BCUT2D eigenvalue weighted by atomic mass is 16.7. The first-order valence-corrected chi connectivity index (χ1v) is 24.8. The summed E-state index contributed by atoms with van der Waals surface area (Å²) >= 11 is 0. The minimum Gasteiger partial charge on any atom is -0.466 e. The van der Waals surface area contributed by atoms with Gasteiger partial charge in [0.1, 0.15) is 24.9 Å². The maximum Gasteiger partial charge on any atom is 0.303 e. The standard InChI is InChI=1S/C49H81NO20/c1-31(23-19-15-11-10-13-18-22-26-60-33(3)52)24-20-16-12-14-17-21-25-59-27-40(28-62-49-47(68-39(9)58)45(66-37(7)56)41(30-63-49)64-35(5)54)69-48-43(50-32(2)51)46(67-38(8)57)44(65-36(6)55)42(70-48)29-61-34(4)53/h31,40-49H,10-30H2,1-9H3,(H,50,51)/t31?,40?,41-,42+,43+,44+,45+,46+,47-,48+,49-/m1/s1. The fraction of sp³-hybridized carbons (Fsp3) is 0.837. The number of esters is 7. The van der Waals surface area contributed by atoms with Crippen LogP contribution in [0.15, 0.2) is 0 Å². The van der Waals surface area contributed by atoms with E-state index in [0.717, 1.165) is 86.5 Å². The minimum absolute atomic E-state index is 0.128. The predicted molar refractivity (Wildman–Crippen MR) is 247 cm³/mol. The Labute approximate surface area is 412 Å². The Balaban J connectivity index is 2.12. The molecule has 2 saturated heterocycles. The smallest absolute Gasteiger partial charge is 0.303 e. The molecule has 0 bridgehead atoms. The largest absolute Gasteiger partial charge is 0.466 e. The van der Waals surface area contributed by atoms with Crippen LogP contribution >= 0.6 is 0 Å². The number of carbonyl (C=O) groups is 8. The highest BCUT2D eigenvalue weighted by Crippen LogP contribution is 2.30. The van der Waals surface area contributed by atoms with Crippen LogP contribution in [0, 0.1) is 5.92 Å². The molecule has 11 atom stereocenters. The van der Waals surface area contributed by atoms with Crippen LogP contribution in [0.4, 0.5) is 0 Å². The number of nitrogens with one attached hydrogen (secondary N) is 1. The third-order valence-electron chi connectivity index (χ3n) is 11.3. The Kier molecular flexibility index (Phi) is 30.7. The Morgan fingerprint density at radius 1 is 0.514 bits per heavy atom. The zero-order valence-electron chi connectivity index (χ0n) is 42.9. The maximum absolute atomic E-state index is 12.6. The van der Waals surface area contributed by atoms with Crippen molar-refractivity contribution in [2.75, 3.05) is 39.6 Å². The molecule has 2 rings (SSSR count). The first-order valence-electron chi connectivity index (χ1n) is 24.8. The van der Waals surface area contributed by atoms with Gasteiger partial charge in [-0.05, 0) is 18.8 Å². The molecule has 21 heteroatoms. The lowest BCUT2D eigenvalue weighted by atomic mass is 9.96. The number of ether oxygens (including phenoxy) is 12. The van der Waals surface area contributed by atoms with Crippen molar-refractivity contribution >= 4 is 47.7 Å². The second-order valence-electron chi connectivity index (χ2n) is 18.0. The summed E-state index contributed by atoms with van der Waals surface area (Å²) in [6.45, 7) is 11.4. The zero-order chi connectivity index (χ0) is 52.0. The molecule has 402 valence electrons. The van der Waals surface area contributed by atoms with Gasteiger partial charge in [0.25, 0.3) is 0 Å². The van der Waals surface area contributed by atoms with Gasteiger partial charge in [0, 0.05) is 62.0 Å². The van der Waals surface area contributed by atoms with Crippen molar-refractivity contribution in [3.63, 3.8) is 0 Å². The quantitative estimate of drug-likeness (QED) is 0.0489. The van der Waals surface area contributed by atoms with Crippen molar-refractivity contribution in [1.29, 1.82) is 0 Å². The van der Waals surface area contributed by atoms with Crippen molar-refractivity contribution in [1.82, 2.24) is 5.32 Å². The summed E-state index contributed by atoms with van der Waals surface area (Å²) in [7, 11) is 0. The molecule has 2 fully saturated rings. The van der Waals surface area contributed by atoms with Gasteiger partial charge in [-0.2, -0.15) is 0 Å². The Morgan fingerprint density at radius 2 is 1.00 bits per heavy atom. The first kappa shape index (κ1) is 61.7. The lowest BCUT2D eigenvalue weighted by Gasteiger charge is -2.45. The molecule has 2 aliphatic rings. The van der Waals surface area contributed by atoms with E-state index in [1.54, 1.807) is 0 Å². The topological polar surface area (TPSA) is 259 Å². The average molecular weight is 1000 g/mol. The molecule has 1 amide bonds. The van der Waals surface area contributed by atoms with E-state index in [4.69, 9.17) is 56.8 Å². The van der Waals surface area contributed by atoms with Gasteiger partial charge in [0.2, 0.25) is 5.91 Å². The van der Waals surface area contributed by atoms with E-state index < -0.39 is 110 Å². The summed E-state index contributed by atoms with van der Waals surface area (Å²) in [5.74, 6) is -4.59. The third-order valence-corrected chi connectivity index (χ3v) is 11.3. The van der Waals surface area contributed by atoms with Gasteiger partial charge >= 0.3 is 41.8 Å². The molecule has 2 aliphatic heterocycles. The third kappa shape index (κ3) is 26.7. The molecule has 2 heterocycles. The molecular weight excluding hydrogens is 923 g/mol. The zero-order valence-corrected chi connectivity index (χ0v) is 42.9. The second kappa shape index (κ2) is 34.8. The number of hydrogen-bond acceptors (Lipinski definition) is 20. The lowest BCUT2D eigenvalue weighted by molar-refractivity contribution is -0.309. The lowest BCUT2D eigenvalue weighted by Crippen LogP contribution is -2.67. The molecule has 0 radical (unpaired) electrons. The monoisotopic (exact) mass is 1000 g/mol. The van der Waals surface area contributed by atoms with Crippen LogP contribution in [0.25, 0.3) is 0 Å². The summed E-state index contributed by atoms with van der Waals surface area (Å²) < 4.78 is 68.4. The van der Waals surface area contributed by atoms with Gasteiger partial charge in [0.15, 0.2) is 43.1 Å². The summed E-state index contributed by atoms with van der Waals surface area (Å²) in [5.41, 5.74) is 0. The minimum atomic E-state index is -1.47. The fourth-order valence-electron chi connectivity index (χ4n) is 8.24. The van der Waals surface area contributed by atoms with E-state index >= 15 is 0 Å². The van der Waals surface area contributed by atoms with Crippen molar-refractivity contribution in [3.8, 4) is 0 Å². The molecule has 0 aliphatic carbocycles. The van der Waals surface area contributed by atoms with Crippen LogP contribution in [0.5, 0.6) is 0 Å². The number of rotatable bonds is 34. The molecule has 0 aromatic heterocycles. The molecule has 70 heavy (non-hydrogen) atoms. The molecule has 0 aromatic carbocycles. The molecular formula is C49H81NO20. The van der Waals surface area contributed by atoms with Crippen LogP contribution in [-0.4, -0.2) is 149 Å². The Morgan fingerprint density at radius 3 is 1.53 bits per heavy atom. The number of hydrogen-bond donors (Lipinski definition) is 1.